The van der Waals surface area contributed by atoms with Crippen molar-refractivity contribution in [1.82, 2.24) is 10.3 Å². The predicted octanol–water partition coefficient (Wildman–Crippen LogP) is 3.93. The van der Waals surface area contributed by atoms with Crippen LogP contribution in [0.15, 0.2) is 48.5 Å². The Bertz CT molecular complexity index is 982. The molecule has 6 heteroatoms. The fourth-order valence-corrected chi connectivity index (χ4v) is 4.08. The lowest BCUT2D eigenvalue weighted by molar-refractivity contribution is -0.120. The molecule has 0 unspecified atom stereocenters. The first-order chi connectivity index (χ1) is 13.6. The number of nitrogens with zero attached hydrogens (tertiary/aromatic N) is 1. The third kappa shape index (κ3) is 4.17. The molecule has 0 saturated heterocycles. The van der Waals surface area contributed by atoms with Gasteiger partial charge in [-0.05, 0) is 26.0 Å². The van der Waals surface area contributed by atoms with E-state index in [0.29, 0.717) is 25.3 Å². The van der Waals surface area contributed by atoms with Gasteiger partial charge in [0.15, 0.2) is 11.5 Å². The predicted molar refractivity (Wildman–Crippen MR) is 110 cm³/mol. The van der Waals surface area contributed by atoms with Crippen LogP contribution >= 0.6 is 11.3 Å². The summed E-state index contributed by atoms with van der Waals surface area (Å²) in [5, 5.41) is 3.92. The largest absolute Gasteiger partial charge is 0.486 e. The molecule has 0 bridgehead atoms. The Labute approximate surface area is 168 Å². The summed E-state index contributed by atoms with van der Waals surface area (Å²) in [6.07, 6.45) is 0.109. The molecule has 28 heavy (non-hydrogen) atoms. The van der Waals surface area contributed by atoms with Crippen LogP contribution in [-0.4, -0.2) is 30.1 Å². The Balaban J connectivity index is 1.38. The van der Waals surface area contributed by atoms with Gasteiger partial charge in [-0.1, -0.05) is 42.0 Å². The topological polar surface area (TPSA) is 60.5 Å². The number of carbonyl (C=O) groups is 1. The summed E-state index contributed by atoms with van der Waals surface area (Å²) in [4.78, 5) is 18.1. The van der Waals surface area contributed by atoms with Crippen molar-refractivity contribution in [3.8, 4) is 22.8 Å². The zero-order chi connectivity index (χ0) is 19.5. The Morgan fingerprint density at radius 2 is 1.89 bits per heavy atom. The van der Waals surface area contributed by atoms with E-state index in [9.17, 15) is 4.79 Å². The molecule has 0 fully saturated rings. The number of hydrogen-bond donors (Lipinski definition) is 1. The number of benzene rings is 2. The molecule has 0 radical (unpaired) electrons. The summed E-state index contributed by atoms with van der Waals surface area (Å²) < 4.78 is 11.6. The van der Waals surface area contributed by atoms with Gasteiger partial charge in [0.2, 0.25) is 5.91 Å². The van der Waals surface area contributed by atoms with Gasteiger partial charge in [-0.25, -0.2) is 4.98 Å². The van der Waals surface area contributed by atoms with Crippen LogP contribution in [0.1, 0.15) is 15.4 Å². The van der Waals surface area contributed by atoms with Crippen LogP contribution in [-0.2, 0) is 11.2 Å². The van der Waals surface area contributed by atoms with E-state index in [1.54, 1.807) is 11.3 Å². The number of carbonyl (C=O) groups excluding carboxylic acids is 1. The maximum atomic E-state index is 12.5. The summed E-state index contributed by atoms with van der Waals surface area (Å²) in [7, 11) is 0. The molecule has 2 heterocycles. The molecule has 144 valence electrons. The van der Waals surface area contributed by atoms with Gasteiger partial charge in [-0.2, -0.15) is 0 Å². The maximum absolute atomic E-state index is 12.5. The average molecular weight is 394 g/mol. The molecule has 1 aromatic heterocycles. The molecular formula is C22H22N2O3S. The number of ether oxygens (including phenoxy) is 2. The molecule has 0 saturated carbocycles. The van der Waals surface area contributed by atoms with E-state index in [1.807, 2.05) is 31.2 Å². The van der Waals surface area contributed by atoms with Crippen molar-refractivity contribution >= 4 is 17.2 Å². The number of para-hydroxylation sites is 2. The van der Waals surface area contributed by atoms with Crippen molar-refractivity contribution in [3.05, 3.63) is 64.0 Å². The quantitative estimate of drug-likeness (QED) is 0.712. The molecule has 1 aliphatic heterocycles. The van der Waals surface area contributed by atoms with Crippen LogP contribution in [0.4, 0.5) is 0 Å². The third-order valence-corrected chi connectivity index (χ3v) is 5.52. The van der Waals surface area contributed by atoms with Crippen molar-refractivity contribution in [2.24, 2.45) is 0 Å². The molecular weight excluding hydrogens is 372 g/mol. The van der Waals surface area contributed by atoms with Gasteiger partial charge in [-0.15, -0.1) is 11.3 Å². The Hall–Kier alpha value is -2.86. The molecule has 1 atom stereocenters. The zero-order valence-corrected chi connectivity index (χ0v) is 16.7. The van der Waals surface area contributed by atoms with Gasteiger partial charge in [0, 0.05) is 10.4 Å². The highest BCUT2D eigenvalue weighted by Gasteiger charge is 2.22. The minimum atomic E-state index is -0.196. The Morgan fingerprint density at radius 1 is 1.14 bits per heavy atom. The summed E-state index contributed by atoms with van der Waals surface area (Å²) in [5.41, 5.74) is 3.13. The standard InChI is InChI=1S/C22H22N2O3S/c1-14-7-9-16(10-8-14)22-20(28-15(2)24-22)11-21(25)23-12-17-13-26-18-5-3-4-6-19(18)27-17/h3-10,17H,11-13H2,1-2H3,(H,23,25)/t17-/m0/s1. The summed E-state index contributed by atoms with van der Waals surface area (Å²) in [5.74, 6) is 1.42. The Morgan fingerprint density at radius 3 is 2.68 bits per heavy atom. The third-order valence-electron chi connectivity index (χ3n) is 4.54. The summed E-state index contributed by atoms with van der Waals surface area (Å²) >= 11 is 1.57. The molecule has 3 aromatic rings. The van der Waals surface area contributed by atoms with Crippen molar-refractivity contribution in [3.63, 3.8) is 0 Å². The summed E-state index contributed by atoms with van der Waals surface area (Å²) in [6.45, 7) is 4.85. The molecule has 2 aromatic carbocycles. The first-order valence-corrected chi connectivity index (χ1v) is 10.1. The van der Waals surface area contributed by atoms with E-state index in [0.717, 1.165) is 26.9 Å². The van der Waals surface area contributed by atoms with Crippen LogP contribution in [0.2, 0.25) is 0 Å². The second-order valence-electron chi connectivity index (χ2n) is 6.85. The van der Waals surface area contributed by atoms with E-state index in [4.69, 9.17) is 9.47 Å². The van der Waals surface area contributed by atoms with Gasteiger partial charge < -0.3 is 14.8 Å². The fraction of sp³-hybridized carbons (Fsp3) is 0.273. The molecule has 1 N–H and O–H groups in total. The van der Waals surface area contributed by atoms with Crippen molar-refractivity contribution in [2.45, 2.75) is 26.4 Å². The number of aryl methyl sites for hydroxylation is 2. The first kappa shape index (κ1) is 18.5. The van der Waals surface area contributed by atoms with Gasteiger partial charge in [0.05, 0.1) is 23.7 Å². The second kappa shape index (κ2) is 8.02. The van der Waals surface area contributed by atoms with Crippen LogP contribution in [0, 0.1) is 13.8 Å². The number of rotatable bonds is 5. The highest BCUT2D eigenvalue weighted by Crippen LogP contribution is 2.31. The van der Waals surface area contributed by atoms with Gasteiger partial charge in [-0.3, -0.25) is 4.79 Å². The smallest absolute Gasteiger partial charge is 0.225 e. The number of aromatic nitrogens is 1. The van der Waals surface area contributed by atoms with E-state index in [-0.39, 0.29) is 12.0 Å². The molecule has 0 aliphatic carbocycles. The Kier molecular flexibility index (Phi) is 5.30. The van der Waals surface area contributed by atoms with Crippen molar-refractivity contribution < 1.29 is 14.3 Å². The number of hydrogen-bond acceptors (Lipinski definition) is 5. The maximum Gasteiger partial charge on any atom is 0.225 e. The number of amides is 1. The molecule has 0 spiro atoms. The molecule has 1 amide bonds. The number of thiazole rings is 1. The highest BCUT2D eigenvalue weighted by atomic mass is 32.1. The zero-order valence-electron chi connectivity index (χ0n) is 15.9. The monoisotopic (exact) mass is 394 g/mol. The van der Waals surface area contributed by atoms with E-state index in [2.05, 4.69) is 41.5 Å². The number of fused-ring (bicyclic) bond motifs is 1. The lowest BCUT2D eigenvalue weighted by Gasteiger charge is -2.26. The van der Waals surface area contributed by atoms with Crippen LogP contribution in [0.3, 0.4) is 0 Å². The number of nitrogens with one attached hydrogen (secondary N) is 1. The van der Waals surface area contributed by atoms with Crippen LogP contribution in [0.25, 0.3) is 11.3 Å². The van der Waals surface area contributed by atoms with E-state index >= 15 is 0 Å². The normalized spacial score (nSPS) is 15.3. The SMILES string of the molecule is Cc1ccc(-c2nc(C)sc2CC(=O)NC[C@H]2COc3ccccc3O2)cc1. The molecule has 4 rings (SSSR count). The van der Waals surface area contributed by atoms with E-state index in [1.165, 1.54) is 5.56 Å². The summed E-state index contributed by atoms with van der Waals surface area (Å²) in [6, 6.07) is 15.8. The van der Waals surface area contributed by atoms with Gasteiger partial charge >= 0.3 is 0 Å². The lowest BCUT2D eigenvalue weighted by Crippen LogP contribution is -2.41. The van der Waals surface area contributed by atoms with Crippen molar-refractivity contribution in [2.75, 3.05) is 13.2 Å². The van der Waals surface area contributed by atoms with Gasteiger partial charge in [0.1, 0.15) is 12.7 Å². The lowest BCUT2D eigenvalue weighted by atomic mass is 10.1. The van der Waals surface area contributed by atoms with E-state index < -0.39 is 0 Å². The van der Waals surface area contributed by atoms with Crippen LogP contribution in [0.5, 0.6) is 11.5 Å². The van der Waals surface area contributed by atoms with Crippen molar-refractivity contribution in [1.29, 1.82) is 0 Å². The minimum Gasteiger partial charge on any atom is -0.486 e. The molecule has 1 aliphatic rings. The molecule has 5 nitrogen and oxygen atoms in total. The highest BCUT2D eigenvalue weighted by molar-refractivity contribution is 7.12. The first-order valence-electron chi connectivity index (χ1n) is 9.27. The average Bonchev–Trinajstić information content (AvgIpc) is 3.06. The fourth-order valence-electron chi connectivity index (χ4n) is 3.13. The second-order valence-corrected chi connectivity index (χ2v) is 8.14. The minimum absolute atomic E-state index is 0.0422. The van der Waals surface area contributed by atoms with Gasteiger partial charge in [0.25, 0.3) is 0 Å². The van der Waals surface area contributed by atoms with Crippen LogP contribution < -0.4 is 14.8 Å².